The first-order valence-electron chi connectivity index (χ1n) is 8.83. The van der Waals surface area contributed by atoms with E-state index in [0.29, 0.717) is 5.17 Å². The zero-order valence-corrected chi connectivity index (χ0v) is 16.4. The van der Waals surface area contributed by atoms with Gasteiger partial charge in [0.1, 0.15) is 0 Å². The van der Waals surface area contributed by atoms with Crippen molar-refractivity contribution in [1.29, 1.82) is 0 Å². The Morgan fingerprint density at radius 3 is 2.44 bits per heavy atom. The fourth-order valence-corrected chi connectivity index (χ4v) is 3.24. The van der Waals surface area contributed by atoms with Gasteiger partial charge in [-0.25, -0.2) is 0 Å². The van der Waals surface area contributed by atoms with Crippen LogP contribution >= 0.6 is 11.8 Å². The van der Waals surface area contributed by atoms with Crippen molar-refractivity contribution in [1.82, 2.24) is 0 Å². The molecule has 0 aliphatic carbocycles. The summed E-state index contributed by atoms with van der Waals surface area (Å²) >= 11 is 1.48. The SMILES string of the molecule is Cc1ccc(-c2cccc(C=NN=C(N)SCc3ccccc3)c2)cc1C. The van der Waals surface area contributed by atoms with Crippen LogP contribution in [0.25, 0.3) is 11.1 Å². The monoisotopic (exact) mass is 373 g/mol. The Morgan fingerprint density at radius 1 is 0.889 bits per heavy atom. The summed E-state index contributed by atoms with van der Waals surface area (Å²) < 4.78 is 0. The topological polar surface area (TPSA) is 50.7 Å². The largest absolute Gasteiger partial charge is 0.377 e. The number of aryl methyl sites for hydroxylation is 2. The van der Waals surface area contributed by atoms with Crippen molar-refractivity contribution in [3.05, 3.63) is 95.1 Å². The van der Waals surface area contributed by atoms with E-state index in [1.807, 2.05) is 30.3 Å². The average Bonchev–Trinajstić information content (AvgIpc) is 2.69. The summed E-state index contributed by atoms with van der Waals surface area (Å²) in [4.78, 5) is 0. The second kappa shape index (κ2) is 9.19. The van der Waals surface area contributed by atoms with Gasteiger partial charge in [0.2, 0.25) is 0 Å². The lowest BCUT2D eigenvalue weighted by Gasteiger charge is -2.06. The molecule has 0 aromatic heterocycles. The Balaban J connectivity index is 1.65. The van der Waals surface area contributed by atoms with Crippen molar-refractivity contribution in [2.45, 2.75) is 19.6 Å². The molecule has 0 aliphatic heterocycles. The first-order valence-corrected chi connectivity index (χ1v) is 9.81. The molecular weight excluding hydrogens is 350 g/mol. The molecule has 0 amide bonds. The van der Waals surface area contributed by atoms with Crippen molar-refractivity contribution in [2.75, 3.05) is 0 Å². The van der Waals surface area contributed by atoms with Gasteiger partial charge in [0.25, 0.3) is 0 Å². The summed E-state index contributed by atoms with van der Waals surface area (Å²) in [7, 11) is 0. The summed E-state index contributed by atoms with van der Waals surface area (Å²) in [6, 6.07) is 24.9. The van der Waals surface area contributed by atoms with Crippen molar-refractivity contribution < 1.29 is 0 Å². The maximum absolute atomic E-state index is 5.94. The number of nitrogens with zero attached hydrogens (tertiary/aromatic N) is 2. The summed E-state index contributed by atoms with van der Waals surface area (Å²) in [5.74, 6) is 0.786. The number of rotatable bonds is 5. The van der Waals surface area contributed by atoms with E-state index < -0.39 is 0 Å². The van der Waals surface area contributed by atoms with Crippen LogP contribution in [0.1, 0.15) is 22.3 Å². The van der Waals surface area contributed by atoms with Gasteiger partial charge in [-0.3, -0.25) is 0 Å². The van der Waals surface area contributed by atoms with E-state index >= 15 is 0 Å². The van der Waals surface area contributed by atoms with E-state index in [4.69, 9.17) is 5.73 Å². The molecule has 0 heterocycles. The van der Waals surface area contributed by atoms with Crippen LogP contribution in [-0.2, 0) is 5.75 Å². The zero-order valence-electron chi connectivity index (χ0n) is 15.6. The van der Waals surface area contributed by atoms with Crippen LogP contribution in [0.2, 0.25) is 0 Å². The van der Waals surface area contributed by atoms with Gasteiger partial charge in [-0.1, -0.05) is 78.5 Å². The van der Waals surface area contributed by atoms with Crippen molar-refractivity contribution in [3.8, 4) is 11.1 Å². The highest BCUT2D eigenvalue weighted by Crippen LogP contribution is 2.22. The molecule has 0 bridgehead atoms. The first kappa shape index (κ1) is 18.9. The summed E-state index contributed by atoms with van der Waals surface area (Å²) in [5.41, 5.74) is 13.1. The maximum atomic E-state index is 5.94. The highest BCUT2D eigenvalue weighted by molar-refractivity contribution is 8.13. The maximum Gasteiger partial charge on any atom is 0.180 e. The molecule has 0 fully saturated rings. The molecular formula is C23H23N3S. The summed E-state index contributed by atoms with van der Waals surface area (Å²) in [6.07, 6.45) is 1.74. The third kappa shape index (κ3) is 5.56. The number of thioether (sulfide) groups is 1. The molecule has 27 heavy (non-hydrogen) atoms. The predicted molar refractivity (Wildman–Crippen MR) is 118 cm³/mol. The third-order valence-electron chi connectivity index (χ3n) is 4.32. The van der Waals surface area contributed by atoms with Gasteiger partial charge in [0, 0.05) is 5.75 Å². The Hall–Kier alpha value is -2.85. The van der Waals surface area contributed by atoms with Gasteiger partial charge in [0.15, 0.2) is 5.17 Å². The number of amidine groups is 1. The Bertz CT molecular complexity index is 962. The van der Waals surface area contributed by atoms with Crippen LogP contribution in [-0.4, -0.2) is 11.4 Å². The van der Waals surface area contributed by atoms with Gasteiger partial charge < -0.3 is 5.73 Å². The van der Waals surface area contributed by atoms with Crippen LogP contribution in [0.4, 0.5) is 0 Å². The molecule has 0 saturated carbocycles. The van der Waals surface area contributed by atoms with Gasteiger partial charge in [0.05, 0.1) is 6.21 Å². The molecule has 3 rings (SSSR count). The normalized spacial score (nSPS) is 11.9. The molecule has 0 spiro atoms. The number of hydrogen-bond acceptors (Lipinski definition) is 3. The lowest BCUT2D eigenvalue weighted by atomic mass is 9.99. The van der Waals surface area contributed by atoms with Crippen LogP contribution < -0.4 is 5.73 Å². The summed E-state index contributed by atoms with van der Waals surface area (Å²) in [5, 5.41) is 8.69. The molecule has 3 aromatic rings. The van der Waals surface area contributed by atoms with Gasteiger partial charge in [-0.15, -0.1) is 5.10 Å². The smallest absolute Gasteiger partial charge is 0.180 e. The molecule has 0 radical (unpaired) electrons. The first-order chi connectivity index (χ1) is 13.1. The van der Waals surface area contributed by atoms with E-state index in [0.717, 1.165) is 16.9 Å². The number of nitrogens with two attached hydrogens (primary N) is 1. The molecule has 0 unspecified atom stereocenters. The molecule has 2 N–H and O–H groups in total. The Morgan fingerprint density at radius 2 is 1.67 bits per heavy atom. The summed E-state index contributed by atoms with van der Waals surface area (Å²) in [6.45, 7) is 4.26. The van der Waals surface area contributed by atoms with Crippen LogP contribution in [0.5, 0.6) is 0 Å². The minimum absolute atomic E-state index is 0.459. The predicted octanol–water partition coefficient (Wildman–Crippen LogP) is 5.55. The highest BCUT2D eigenvalue weighted by Gasteiger charge is 2.01. The minimum Gasteiger partial charge on any atom is -0.377 e. The van der Waals surface area contributed by atoms with Crippen LogP contribution in [0.15, 0.2) is 83.0 Å². The van der Waals surface area contributed by atoms with Crippen molar-refractivity contribution in [2.24, 2.45) is 15.9 Å². The fraction of sp³-hybridized carbons (Fsp3) is 0.130. The number of hydrogen-bond donors (Lipinski definition) is 1. The standard InChI is InChI=1S/C23H23N3S/c1-17-11-12-22(13-18(17)2)21-10-6-9-20(14-21)15-25-26-23(24)27-16-19-7-4-3-5-8-19/h3-15H,16H2,1-2H3,(H2,24,26). The third-order valence-corrected chi connectivity index (χ3v) is 5.17. The Labute approximate surface area is 165 Å². The van der Waals surface area contributed by atoms with E-state index in [2.05, 4.69) is 66.5 Å². The highest BCUT2D eigenvalue weighted by atomic mass is 32.2. The van der Waals surface area contributed by atoms with Crippen LogP contribution in [0.3, 0.4) is 0 Å². The lowest BCUT2D eigenvalue weighted by Crippen LogP contribution is -2.05. The Kier molecular flexibility index (Phi) is 6.44. The van der Waals surface area contributed by atoms with E-state index in [1.165, 1.54) is 34.0 Å². The average molecular weight is 374 g/mol. The van der Waals surface area contributed by atoms with E-state index in [9.17, 15) is 0 Å². The molecule has 3 aromatic carbocycles. The van der Waals surface area contributed by atoms with Gasteiger partial charge in [-0.2, -0.15) is 5.10 Å². The number of benzene rings is 3. The minimum atomic E-state index is 0.459. The molecule has 0 atom stereocenters. The molecule has 0 saturated heterocycles. The van der Waals surface area contributed by atoms with Gasteiger partial charge in [-0.05, 0) is 53.3 Å². The van der Waals surface area contributed by atoms with E-state index in [1.54, 1.807) is 6.21 Å². The molecule has 3 nitrogen and oxygen atoms in total. The van der Waals surface area contributed by atoms with Crippen LogP contribution in [0, 0.1) is 13.8 Å². The second-order valence-corrected chi connectivity index (χ2v) is 7.38. The molecule has 0 aliphatic rings. The van der Waals surface area contributed by atoms with Gasteiger partial charge >= 0.3 is 0 Å². The zero-order chi connectivity index (χ0) is 19.1. The second-order valence-electron chi connectivity index (χ2n) is 6.38. The van der Waals surface area contributed by atoms with E-state index in [-0.39, 0.29) is 0 Å². The fourth-order valence-electron chi connectivity index (χ4n) is 2.63. The molecule has 4 heteroatoms. The van der Waals surface area contributed by atoms with Crippen molar-refractivity contribution >= 4 is 23.1 Å². The van der Waals surface area contributed by atoms with Crippen molar-refractivity contribution in [3.63, 3.8) is 0 Å². The molecule has 136 valence electrons. The lowest BCUT2D eigenvalue weighted by molar-refractivity contribution is 1.25. The quantitative estimate of drug-likeness (QED) is 0.362.